The zero-order valence-corrected chi connectivity index (χ0v) is 22.6. The number of H-pyrrole nitrogens is 1. The molecule has 6 heteroatoms. The lowest BCUT2D eigenvalue weighted by Gasteiger charge is -2.28. The Balaban J connectivity index is 1.53. The quantitative estimate of drug-likeness (QED) is 0.277. The fourth-order valence-corrected chi connectivity index (χ4v) is 4.58. The van der Waals surface area contributed by atoms with Gasteiger partial charge in [0.15, 0.2) is 0 Å². The van der Waals surface area contributed by atoms with Crippen molar-refractivity contribution in [3.63, 3.8) is 0 Å². The highest BCUT2D eigenvalue weighted by Crippen LogP contribution is 2.19. The molecule has 0 bridgehead atoms. The number of para-hydroxylation sites is 1. The molecule has 0 aliphatic carbocycles. The summed E-state index contributed by atoms with van der Waals surface area (Å²) in [6.07, 6.45) is 3.64. The Hall–Kier alpha value is -3.90. The summed E-state index contributed by atoms with van der Waals surface area (Å²) in [6.45, 7) is 5.87. The number of carbonyl (C=O) groups excluding carboxylic acids is 2. The van der Waals surface area contributed by atoms with Crippen molar-refractivity contribution in [2.24, 2.45) is 0 Å². The second kappa shape index (κ2) is 13.1. The number of nitrogens with zero attached hydrogens (tertiary/aromatic N) is 2. The number of hydrogen-bond donors (Lipinski definition) is 1. The van der Waals surface area contributed by atoms with Gasteiger partial charge >= 0.3 is 0 Å². The fraction of sp³-hybridized carbons (Fsp3) is 0.312. The minimum atomic E-state index is -0.162. The molecule has 4 rings (SSSR count). The van der Waals surface area contributed by atoms with Gasteiger partial charge in [-0.25, -0.2) is 0 Å². The zero-order valence-electron chi connectivity index (χ0n) is 22.6. The first-order valence-electron chi connectivity index (χ1n) is 13.2. The number of aryl methyl sites for hydroxylation is 2. The van der Waals surface area contributed by atoms with E-state index in [0.717, 1.165) is 17.5 Å². The molecule has 0 unspecified atom stereocenters. The molecular weight excluding hydrogens is 474 g/mol. The third kappa shape index (κ3) is 6.90. The number of methoxy groups -OCH3 is 1. The maximum atomic E-state index is 13.7. The summed E-state index contributed by atoms with van der Waals surface area (Å²) >= 11 is 0. The highest BCUT2D eigenvalue weighted by Gasteiger charge is 2.23. The number of benzene rings is 3. The molecule has 1 heterocycles. The number of fused-ring (bicyclic) bond motifs is 1. The Bertz CT molecular complexity index is 1340. The van der Waals surface area contributed by atoms with Crippen LogP contribution in [0.5, 0.6) is 0 Å². The molecule has 0 saturated carbocycles. The van der Waals surface area contributed by atoms with E-state index in [-0.39, 0.29) is 18.4 Å². The van der Waals surface area contributed by atoms with Gasteiger partial charge in [-0.1, -0.05) is 67.1 Å². The van der Waals surface area contributed by atoms with Crippen LogP contribution in [0.25, 0.3) is 10.9 Å². The number of amides is 2. The summed E-state index contributed by atoms with van der Waals surface area (Å²) in [7, 11) is 1.60. The van der Waals surface area contributed by atoms with E-state index in [1.807, 2.05) is 47.5 Å². The maximum absolute atomic E-state index is 13.7. The summed E-state index contributed by atoms with van der Waals surface area (Å²) in [5.74, 6) is -0.245. The molecular formula is C32H37N3O3. The molecule has 0 fully saturated rings. The molecule has 198 valence electrons. The van der Waals surface area contributed by atoms with Crippen molar-refractivity contribution < 1.29 is 14.3 Å². The van der Waals surface area contributed by atoms with Crippen LogP contribution < -0.4 is 0 Å². The van der Waals surface area contributed by atoms with Gasteiger partial charge < -0.3 is 19.5 Å². The number of nitrogens with one attached hydrogen (secondary N) is 1. The topological polar surface area (TPSA) is 65.6 Å². The standard InChI is InChI=1S/C32H37N3O3/c1-4-25-13-15-27(16-14-25)32(37)35(19-20-38-3)23-31(36)34(22-26-11-9-24(2)10-12-26)18-17-28-21-33-30-8-6-5-7-29(28)30/h5-16,21,33H,4,17-20,22-23H2,1-3H3. The summed E-state index contributed by atoms with van der Waals surface area (Å²) in [5.41, 5.74) is 6.25. The number of aromatic nitrogens is 1. The van der Waals surface area contributed by atoms with E-state index >= 15 is 0 Å². The normalized spacial score (nSPS) is 11.0. The highest BCUT2D eigenvalue weighted by atomic mass is 16.5. The van der Waals surface area contributed by atoms with Gasteiger partial charge in [0.05, 0.1) is 6.61 Å². The average molecular weight is 512 g/mol. The van der Waals surface area contributed by atoms with E-state index in [1.54, 1.807) is 12.0 Å². The molecule has 2 amide bonds. The van der Waals surface area contributed by atoms with E-state index in [9.17, 15) is 9.59 Å². The van der Waals surface area contributed by atoms with Gasteiger partial charge in [-0.3, -0.25) is 9.59 Å². The minimum Gasteiger partial charge on any atom is -0.383 e. The zero-order chi connectivity index (χ0) is 26.9. The van der Waals surface area contributed by atoms with Gasteiger partial charge in [0.25, 0.3) is 5.91 Å². The molecule has 38 heavy (non-hydrogen) atoms. The van der Waals surface area contributed by atoms with Crippen molar-refractivity contribution in [3.05, 3.63) is 107 Å². The maximum Gasteiger partial charge on any atom is 0.254 e. The van der Waals surface area contributed by atoms with Gasteiger partial charge in [0.2, 0.25) is 5.91 Å². The molecule has 0 radical (unpaired) electrons. The predicted octanol–water partition coefficient (Wildman–Crippen LogP) is 5.40. The SMILES string of the molecule is CCc1ccc(C(=O)N(CCOC)CC(=O)N(CCc2c[nH]c3ccccc23)Cc2ccc(C)cc2)cc1. The lowest BCUT2D eigenvalue weighted by Crippen LogP contribution is -2.44. The number of rotatable bonds is 12. The molecule has 6 nitrogen and oxygen atoms in total. The van der Waals surface area contributed by atoms with E-state index in [0.29, 0.717) is 38.2 Å². The van der Waals surface area contributed by atoms with Crippen LogP contribution in [-0.4, -0.2) is 59.9 Å². The molecule has 0 aliphatic rings. The van der Waals surface area contributed by atoms with Crippen molar-refractivity contribution in [3.8, 4) is 0 Å². The van der Waals surface area contributed by atoms with Crippen LogP contribution in [0, 0.1) is 6.92 Å². The first-order valence-corrected chi connectivity index (χ1v) is 13.2. The van der Waals surface area contributed by atoms with Crippen molar-refractivity contribution >= 4 is 22.7 Å². The molecule has 1 N–H and O–H groups in total. The third-order valence-corrected chi connectivity index (χ3v) is 6.96. The molecule has 0 spiro atoms. The Kier molecular flexibility index (Phi) is 9.33. The molecule has 0 aliphatic heterocycles. The molecule has 0 atom stereocenters. The average Bonchev–Trinajstić information content (AvgIpc) is 3.37. The van der Waals surface area contributed by atoms with Gasteiger partial charge in [-0.05, 0) is 54.7 Å². The fourth-order valence-electron chi connectivity index (χ4n) is 4.58. The van der Waals surface area contributed by atoms with Gasteiger partial charge in [0.1, 0.15) is 6.54 Å². The summed E-state index contributed by atoms with van der Waals surface area (Å²) in [5, 5.41) is 1.17. The monoisotopic (exact) mass is 511 g/mol. The number of hydrogen-bond acceptors (Lipinski definition) is 3. The Morgan fingerprint density at radius 3 is 2.29 bits per heavy atom. The molecule has 3 aromatic carbocycles. The van der Waals surface area contributed by atoms with Crippen molar-refractivity contribution in [2.75, 3.05) is 33.4 Å². The van der Waals surface area contributed by atoms with Crippen LogP contribution in [0.1, 0.15) is 39.5 Å². The molecule has 0 saturated heterocycles. The van der Waals surface area contributed by atoms with Gasteiger partial charge in [0, 0.05) is 49.4 Å². The van der Waals surface area contributed by atoms with E-state index in [4.69, 9.17) is 4.74 Å². The lowest BCUT2D eigenvalue weighted by atomic mass is 10.1. The molecule has 1 aromatic heterocycles. The van der Waals surface area contributed by atoms with Crippen LogP contribution in [0.15, 0.2) is 79.0 Å². The van der Waals surface area contributed by atoms with E-state index in [2.05, 4.69) is 55.2 Å². The molecule has 4 aromatic rings. The number of aromatic amines is 1. The highest BCUT2D eigenvalue weighted by molar-refractivity contribution is 5.96. The van der Waals surface area contributed by atoms with Crippen molar-refractivity contribution in [1.29, 1.82) is 0 Å². The largest absolute Gasteiger partial charge is 0.383 e. The van der Waals surface area contributed by atoms with Crippen LogP contribution in [-0.2, 0) is 28.9 Å². The Labute approximate surface area is 225 Å². The van der Waals surface area contributed by atoms with E-state index < -0.39 is 0 Å². The van der Waals surface area contributed by atoms with Gasteiger partial charge in [-0.2, -0.15) is 0 Å². The first kappa shape index (κ1) is 27.1. The Morgan fingerprint density at radius 2 is 1.58 bits per heavy atom. The van der Waals surface area contributed by atoms with Crippen molar-refractivity contribution in [1.82, 2.24) is 14.8 Å². The third-order valence-electron chi connectivity index (χ3n) is 6.96. The second-order valence-corrected chi connectivity index (χ2v) is 9.68. The number of ether oxygens (including phenoxy) is 1. The van der Waals surface area contributed by atoms with Gasteiger partial charge in [-0.15, -0.1) is 0 Å². The second-order valence-electron chi connectivity index (χ2n) is 9.68. The smallest absolute Gasteiger partial charge is 0.254 e. The Morgan fingerprint density at radius 1 is 0.868 bits per heavy atom. The van der Waals surface area contributed by atoms with Crippen LogP contribution in [0.3, 0.4) is 0 Å². The van der Waals surface area contributed by atoms with Crippen molar-refractivity contribution in [2.45, 2.75) is 33.2 Å². The summed E-state index contributed by atoms with van der Waals surface area (Å²) in [6, 6.07) is 24.1. The minimum absolute atomic E-state index is 0.00251. The predicted molar refractivity (Wildman–Crippen MR) is 152 cm³/mol. The number of carbonyl (C=O) groups is 2. The van der Waals surface area contributed by atoms with Crippen LogP contribution in [0.4, 0.5) is 0 Å². The lowest BCUT2D eigenvalue weighted by molar-refractivity contribution is -0.132. The van der Waals surface area contributed by atoms with Crippen LogP contribution >= 0.6 is 0 Å². The summed E-state index contributed by atoms with van der Waals surface area (Å²) < 4.78 is 5.26. The first-order chi connectivity index (χ1) is 18.5. The summed E-state index contributed by atoms with van der Waals surface area (Å²) in [4.78, 5) is 33.9. The van der Waals surface area contributed by atoms with E-state index in [1.165, 1.54) is 22.1 Å². The van der Waals surface area contributed by atoms with Crippen LogP contribution in [0.2, 0.25) is 0 Å².